The summed E-state index contributed by atoms with van der Waals surface area (Å²) >= 11 is 0. The highest BCUT2D eigenvalue weighted by Gasteiger charge is 2.44. The first-order valence-electron chi connectivity index (χ1n) is 7.12. The molecule has 2 fully saturated rings. The summed E-state index contributed by atoms with van der Waals surface area (Å²) < 4.78 is 15.3. The molecular formula is C15H16N2O6. The highest BCUT2D eigenvalue weighted by molar-refractivity contribution is 5.98. The van der Waals surface area contributed by atoms with Crippen molar-refractivity contribution in [1.29, 1.82) is 0 Å². The molecule has 122 valence electrons. The van der Waals surface area contributed by atoms with Crippen molar-refractivity contribution in [2.45, 2.75) is 6.04 Å². The van der Waals surface area contributed by atoms with Gasteiger partial charge in [0, 0.05) is 13.1 Å². The summed E-state index contributed by atoms with van der Waals surface area (Å²) in [6.45, 7) is 0.246. The Labute approximate surface area is 132 Å². The Balaban J connectivity index is 1.49. The van der Waals surface area contributed by atoms with E-state index in [9.17, 15) is 14.4 Å². The quantitative estimate of drug-likeness (QED) is 0.774. The summed E-state index contributed by atoms with van der Waals surface area (Å²) in [5, 5.41) is 0. The summed E-state index contributed by atoms with van der Waals surface area (Å²) in [7, 11) is 1.52. The summed E-state index contributed by atoms with van der Waals surface area (Å²) in [4.78, 5) is 37.6. The minimum Gasteiger partial charge on any atom is -0.493 e. The normalized spacial score (nSPS) is 17.8. The van der Waals surface area contributed by atoms with Crippen LogP contribution in [0.15, 0.2) is 24.3 Å². The Morgan fingerprint density at radius 3 is 2.57 bits per heavy atom. The van der Waals surface area contributed by atoms with Gasteiger partial charge in [0.05, 0.1) is 13.2 Å². The van der Waals surface area contributed by atoms with E-state index in [2.05, 4.69) is 4.74 Å². The molecule has 8 heteroatoms. The van der Waals surface area contributed by atoms with Gasteiger partial charge in [-0.1, -0.05) is 12.1 Å². The lowest BCUT2D eigenvalue weighted by atomic mass is 10.1. The molecule has 0 atom stereocenters. The molecule has 23 heavy (non-hydrogen) atoms. The van der Waals surface area contributed by atoms with Gasteiger partial charge in [0.1, 0.15) is 0 Å². The summed E-state index contributed by atoms with van der Waals surface area (Å²) in [6, 6.07) is 6.73. The summed E-state index contributed by atoms with van der Waals surface area (Å²) in [5.74, 6) is 0.454. The second-order valence-electron chi connectivity index (χ2n) is 5.21. The number of imide groups is 1. The second-order valence-corrected chi connectivity index (χ2v) is 5.21. The van der Waals surface area contributed by atoms with Crippen molar-refractivity contribution in [1.82, 2.24) is 9.80 Å². The third-order valence-electron chi connectivity index (χ3n) is 3.78. The van der Waals surface area contributed by atoms with E-state index in [0.29, 0.717) is 24.6 Å². The van der Waals surface area contributed by atoms with Crippen LogP contribution in [0.25, 0.3) is 0 Å². The summed E-state index contributed by atoms with van der Waals surface area (Å²) in [5.41, 5.74) is 0. The van der Waals surface area contributed by atoms with Crippen molar-refractivity contribution in [2.75, 3.05) is 33.4 Å². The molecule has 8 nitrogen and oxygen atoms in total. The fourth-order valence-electron chi connectivity index (χ4n) is 2.51. The minimum absolute atomic E-state index is 0.133. The molecule has 0 bridgehead atoms. The molecule has 0 aromatic heterocycles. The van der Waals surface area contributed by atoms with Crippen LogP contribution in [0.2, 0.25) is 0 Å². The highest BCUT2D eigenvalue weighted by atomic mass is 16.6. The number of ether oxygens (including phenoxy) is 3. The standard InChI is InChI=1S/C15H16N2O6/c1-21-11-4-2-3-5-12(11)22-8-13(18)16-6-10(7-16)17-14(19)9-23-15(17)20/h2-5,10H,6-9H2,1H3. The molecule has 1 aromatic carbocycles. The van der Waals surface area contributed by atoms with E-state index >= 15 is 0 Å². The Kier molecular flexibility index (Phi) is 4.05. The zero-order chi connectivity index (χ0) is 16.4. The Morgan fingerprint density at radius 1 is 1.26 bits per heavy atom. The van der Waals surface area contributed by atoms with Gasteiger partial charge in [0.15, 0.2) is 24.7 Å². The van der Waals surface area contributed by atoms with Crippen LogP contribution in [0.3, 0.4) is 0 Å². The van der Waals surface area contributed by atoms with Crippen molar-refractivity contribution < 1.29 is 28.6 Å². The molecule has 3 rings (SSSR count). The van der Waals surface area contributed by atoms with Crippen molar-refractivity contribution in [2.24, 2.45) is 0 Å². The third-order valence-corrected chi connectivity index (χ3v) is 3.78. The molecule has 2 saturated heterocycles. The average molecular weight is 320 g/mol. The van der Waals surface area contributed by atoms with Crippen LogP contribution < -0.4 is 9.47 Å². The van der Waals surface area contributed by atoms with Gasteiger partial charge in [-0.2, -0.15) is 0 Å². The predicted molar refractivity (Wildman–Crippen MR) is 77.1 cm³/mol. The second kappa shape index (κ2) is 6.15. The van der Waals surface area contributed by atoms with Crippen LogP contribution in [-0.2, 0) is 14.3 Å². The molecule has 0 aliphatic carbocycles. The van der Waals surface area contributed by atoms with Gasteiger partial charge in [-0.25, -0.2) is 9.69 Å². The maximum Gasteiger partial charge on any atom is 0.417 e. The number of hydrogen-bond donors (Lipinski definition) is 0. The van der Waals surface area contributed by atoms with Gasteiger partial charge in [-0.3, -0.25) is 9.59 Å². The van der Waals surface area contributed by atoms with E-state index in [1.165, 1.54) is 12.0 Å². The van der Waals surface area contributed by atoms with E-state index in [-0.39, 0.29) is 31.1 Å². The van der Waals surface area contributed by atoms with Crippen molar-refractivity contribution in [3.63, 3.8) is 0 Å². The molecule has 0 N–H and O–H groups in total. The zero-order valence-corrected chi connectivity index (χ0v) is 12.6. The van der Waals surface area contributed by atoms with E-state index in [0.717, 1.165) is 4.90 Å². The topological polar surface area (TPSA) is 85.4 Å². The largest absolute Gasteiger partial charge is 0.493 e. The van der Waals surface area contributed by atoms with Crippen LogP contribution in [0.4, 0.5) is 4.79 Å². The molecule has 0 saturated carbocycles. The maximum absolute atomic E-state index is 12.1. The monoisotopic (exact) mass is 320 g/mol. The number of methoxy groups -OCH3 is 1. The van der Waals surface area contributed by atoms with E-state index in [4.69, 9.17) is 9.47 Å². The number of benzene rings is 1. The molecule has 0 unspecified atom stereocenters. The number of carbonyl (C=O) groups is 3. The molecular weight excluding hydrogens is 304 g/mol. The highest BCUT2D eigenvalue weighted by Crippen LogP contribution is 2.26. The van der Waals surface area contributed by atoms with Gasteiger partial charge < -0.3 is 19.1 Å². The van der Waals surface area contributed by atoms with E-state index in [1.807, 2.05) is 0 Å². The number of carbonyl (C=O) groups excluding carboxylic acids is 3. The first-order chi connectivity index (χ1) is 11.1. The molecule has 2 heterocycles. The number of rotatable bonds is 5. The Hall–Kier alpha value is -2.77. The SMILES string of the molecule is COc1ccccc1OCC(=O)N1CC(N2C(=O)COC2=O)C1. The van der Waals surface area contributed by atoms with E-state index in [1.54, 1.807) is 24.3 Å². The van der Waals surface area contributed by atoms with Crippen molar-refractivity contribution in [3.8, 4) is 11.5 Å². The number of likely N-dealkylation sites (tertiary alicyclic amines) is 1. The molecule has 0 spiro atoms. The molecule has 0 radical (unpaired) electrons. The summed E-state index contributed by atoms with van der Waals surface area (Å²) in [6.07, 6.45) is -0.641. The lowest BCUT2D eigenvalue weighted by molar-refractivity contribution is -0.143. The zero-order valence-electron chi connectivity index (χ0n) is 12.6. The van der Waals surface area contributed by atoms with Gasteiger partial charge in [0.25, 0.3) is 11.8 Å². The first kappa shape index (κ1) is 15.1. The van der Waals surface area contributed by atoms with Crippen LogP contribution >= 0.6 is 0 Å². The van der Waals surface area contributed by atoms with Crippen LogP contribution in [-0.4, -0.2) is 67.2 Å². The Morgan fingerprint density at radius 2 is 1.96 bits per heavy atom. The van der Waals surface area contributed by atoms with Gasteiger partial charge >= 0.3 is 6.09 Å². The van der Waals surface area contributed by atoms with Crippen molar-refractivity contribution >= 4 is 17.9 Å². The third kappa shape index (κ3) is 2.92. The van der Waals surface area contributed by atoms with Gasteiger partial charge in [0.2, 0.25) is 0 Å². The number of para-hydroxylation sites is 2. The van der Waals surface area contributed by atoms with E-state index < -0.39 is 6.09 Å². The lowest BCUT2D eigenvalue weighted by Gasteiger charge is -2.41. The lowest BCUT2D eigenvalue weighted by Crippen LogP contribution is -2.62. The smallest absolute Gasteiger partial charge is 0.417 e. The Bertz CT molecular complexity index is 625. The van der Waals surface area contributed by atoms with Crippen LogP contribution in [0, 0.1) is 0 Å². The fourth-order valence-corrected chi connectivity index (χ4v) is 2.51. The predicted octanol–water partition coefficient (Wildman–Crippen LogP) is 0.264. The van der Waals surface area contributed by atoms with Gasteiger partial charge in [-0.15, -0.1) is 0 Å². The number of hydrogen-bond acceptors (Lipinski definition) is 6. The number of amides is 3. The van der Waals surface area contributed by atoms with Crippen LogP contribution in [0.1, 0.15) is 0 Å². The molecule has 2 aliphatic rings. The van der Waals surface area contributed by atoms with Crippen molar-refractivity contribution in [3.05, 3.63) is 24.3 Å². The number of nitrogens with zero attached hydrogens (tertiary/aromatic N) is 2. The van der Waals surface area contributed by atoms with Gasteiger partial charge in [-0.05, 0) is 12.1 Å². The fraction of sp³-hybridized carbons (Fsp3) is 0.400. The number of cyclic esters (lactones) is 1. The average Bonchev–Trinajstić information content (AvgIpc) is 2.84. The minimum atomic E-state index is -0.641. The van der Waals surface area contributed by atoms with Crippen LogP contribution in [0.5, 0.6) is 11.5 Å². The molecule has 3 amide bonds. The molecule has 1 aromatic rings. The molecule has 2 aliphatic heterocycles. The first-order valence-corrected chi connectivity index (χ1v) is 7.12. The maximum atomic E-state index is 12.1.